The van der Waals surface area contributed by atoms with E-state index in [0.717, 1.165) is 11.1 Å². The normalized spacial score (nSPS) is 13.6. The zero-order chi connectivity index (χ0) is 13.1. The molecule has 4 nitrogen and oxygen atoms in total. The summed E-state index contributed by atoms with van der Waals surface area (Å²) in [5, 5.41) is 4.71. The lowest BCUT2D eigenvalue weighted by Gasteiger charge is -2.21. The molecule has 0 spiro atoms. The second-order valence-electron chi connectivity index (χ2n) is 4.37. The molecule has 6 heteroatoms. The molecular weight excluding hydrogens is 258 g/mol. The van der Waals surface area contributed by atoms with Gasteiger partial charge in [0.1, 0.15) is 5.75 Å². The van der Waals surface area contributed by atoms with Crippen LogP contribution < -0.4 is 5.32 Å². The zero-order valence-electron chi connectivity index (χ0n) is 10.1. The van der Waals surface area contributed by atoms with Gasteiger partial charge in [-0.15, -0.1) is 11.3 Å². The zero-order valence-corrected chi connectivity index (χ0v) is 11.8. The second-order valence-corrected chi connectivity index (χ2v) is 7.49. The summed E-state index contributed by atoms with van der Waals surface area (Å²) in [6.07, 6.45) is 1.06. The van der Waals surface area contributed by atoms with Gasteiger partial charge in [-0.25, -0.2) is 8.42 Å². The van der Waals surface area contributed by atoms with Crippen molar-refractivity contribution in [1.29, 1.82) is 0 Å². The molecule has 96 valence electrons. The van der Waals surface area contributed by atoms with Gasteiger partial charge >= 0.3 is 0 Å². The van der Waals surface area contributed by atoms with E-state index in [9.17, 15) is 13.2 Å². The summed E-state index contributed by atoms with van der Waals surface area (Å²) in [5.41, 5.74) is 0. The third-order valence-corrected chi connectivity index (χ3v) is 3.97. The van der Waals surface area contributed by atoms with Crippen molar-refractivity contribution in [2.24, 2.45) is 5.92 Å². The first-order valence-electron chi connectivity index (χ1n) is 5.30. The molecule has 1 atom stereocenters. The van der Waals surface area contributed by atoms with Crippen molar-refractivity contribution >= 4 is 27.1 Å². The molecular formula is C11H17NO3S2. The van der Waals surface area contributed by atoms with Crippen LogP contribution in [-0.2, 0) is 14.6 Å². The Kier molecular flexibility index (Phi) is 4.70. The van der Waals surface area contributed by atoms with Gasteiger partial charge in [0.15, 0.2) is 9.84 Å². The van der Waals surface area contributed by atoms with E-state index in [2.05, 4.69) is 5.32 Å². The van der Waals surface area contributed by atoms with Gasteiger partial charge in [0.2, 0.25) is 5.91 Å². The smallest absolute Gasteiger partial charge is 0.235 e. The fraction of sp³-hybridized carbons (Fsp3) is 0.545. The highest BCUT2D eigenvalue weighted by atomic mass is 32.2. The van der Waals surface area contributed by atoms with Crippen molar-refractivity contribution in [2.75, 3.05) is 12.0 Å². The van der Waals surface area contributed by atoms with Gasteiger partial charge in [0.05, 0.1) is 6.04 Å². The number of hydrogen-bond donors (Lipinski definition) is 1. The lowest BCUT2D eigenvalue weighted by atomic mass is 10.0. The maximum atomic E-state index is 11.6. The molecule has 1 heterocycles. The summed E-state index contributed by atoms with van der Waals surface area (Å²) in [7, 11) is -3.27. The Balaban J connectivity index is 2.72. The van der Waals surface area contributed by atoms with Crippen molar-refractivity contribution in [2.45, 2.75) is 19.9 Å². The fourth-order valence-electron chi connectivity index (χ4n) is 1.49. The van der Waals surface area contributed by atoms with Gasteiger partial charge < -0.3 is 5.32 Å². The fourth-order valence-corrected chi connectivity index (χ4v) is 3.00. The molecule has 1 amide bonds. The summed E-state index contributed by atoms with van der Waals surface area (Å²) in [4.78, 5) is 12.6. The molecule has 0 aliphatic carbocycles. The molecule has 17 heavy (non-hydrogen) atoms. The number of hydrogen-bond acceptors (Lipinski definition) is 4. The van der Waals surface area contributed by atoms with Gasteiger partial charge in [-0.1, -0.05) is 19.9 Å². The highest BCUT2D eigenvalue weighted by molar-refractivity contribution is 7.91. The van der Waals surface area contributed by atoms with E-state index in [1.165, 1.54) is 0 Å². The van der Waals surface area contributed by atoms with Crippen molar-refractivity contribution in [3.8, 4) is 0 Å². The highest BCUT2D eigenvalue weighted by Gasteiger charge is 2.21. The van der Waals surface area contributed by atoms with Crippen LogP contribution in [0.5, 0.6) is 0 Å². The Morgan fingerprint density at radius 2 is 2.12 bits per heavy atom. The predicted molar refractivity (Wildman–Crippen MR) is 69.8 cm³/mol. The molecule has 0 bridgehead atoms. The van der Waals surface area contributed by atoms with Crippen LogP contribution in [0, 0.1) is 5.92 Å². The van der Waals surface area contributed by atoms with Crippen molar-refractivity contribution < 1.29 is 13.2 Å². The van der Waals surface area contributed by atoms with Gasteiger partial charge in [-0.05, 0) is 17.4 Å². The van der Waals surface area contributed by atoms with E-state index < -0.39 is 21.5 Å². The van der Waals surface area contributed by atoms with Crippen LogP contribution >= 0.6 is 11.3 Å². The third-order valence-electron chi connectivity index (χ3n) is 2.23. The predicted octanol–water partition coefficient (Wildman–Crippen LogP) is 1.61. The largest absolute Gasteiger partial charge is 0.347 e. The van der Waals surface area contributed by atoms with Crippen LogP contribution in [0.25, 0.3) is 0 Å². The average Bonchev–Trinajstić information content (AvgIpc) is 2.63. The van der Waals surface area contributed by atoms with Crippen molar-refractivity contribution in [3.63, 3.8) is 0 Å². The van der Waals surface area contributed by atoms with Crippen molar-refractivity contribution in [1.82, 2.24) is 5.32 Å². The summed E-state index contributed by atoms with van der Waals surface area (Å²) in [6, 6.07) is 3.73. The Labute approximate surface area is 106 Å². The van der Waals surface area contributed by atoms with E-state index in [1.54, 1.807) is 11.3 Å². The molecule has 0 aliphatic heterocycles. The molecule has 0 aliphatic rings. The van der Waals surface area contributed by atoms with Crippen LogP contribution in [0.15, 0.2) is 17.5 Å². The summed E-state index contributed by atoms with van der Waals surface area (Å²) < 4.78 is 22.0. The Bertz CT molecular complexity index is 463. The summed E-state index contributed by atoms with van der Waals surface area (Å²) in [5.74, 6) is -0.682. The molecule has 0 unspecified atom stereocenters. The highest BCUT2D eigenvalue weighted by Crippen LogP contribution is 2.25. The topological polar surface area (TPSA) is 63.2 Å². The summed E-state index contributed by atoms with van der Waals surface area (Å²) >= 11 is 1.56. The van der Waals surface area contributed by atoms with Gasteiger partial charge in [0, 0.05) is 11.1 Å². The maximum Gasteiger partial charge on any atom is 0.235 e. The van der Waals surface area contributed by atoms with E-state index in [1.807, 2.05) is 31.4 Å². The van der Waals surface area contributed by atoms with Gasteiger partial charge in [-0.3, -0.25) is 4.79 Å². The van der Waals surface area contributed by atoms with E-state index in [-0.39, 0.29) is 12.0 Å². The molecule has 1 aromatic heterocycles. The number of nitrogens with one attached hydrogen (secondary N) is 1. The SMILES string of the molecule is CC(C)[C@@H](NC(=O)CS(C)(=O)=O)c1cccs1. The van der Waals surface area contributed by atoms with E-state index in [4.69, 9.17) is 0 Å². The molecule has 0 saturated heterocycles. The quantitative estimate of drug-likeness (QED) is 0.888. The number of carbonyl (C=O) groups is 1. The standard InChI is InChI=1S/C11H17NO3S2/c1-8(2)11(9-5-4-6-16-9)12-10(13)7-17(3,14)15/h4-6,8,11H,7H2,1-3H3,(H,12,13)/t11-/m1/s1. The minimum absolute atomic E-state index is 0.121. The number of rotatable bonds is 5. The maximum absolute atomic E-state index is 11.6. The second kappa shape index (κ2) is 5.64. The van der Waals surface area contributed by atoms with Crippen LogP contribution in [0.2, 0.25) is 0 Å². The number of sulfone groups is 1. The van der Waals surface area contributed by atoms with Gasteiger partial charge in [0.25, 0.3) is 0 Å². The molecule has 1 N–H and O–H groups in total. The van der Waals surface area contributed by atoms with E-state index >= 15 is 0 Å². The van der Waals surface area contributed by atoms with Crippen LogP contribution in [-0.4, -0.2) is 26.3 Å². The molecule has 0 fully saturated rings. The Hall–Kier alpha value is -0.880. The lowest BCUT2D eigenvalue weighted by Crippen LogP contribution is -2.35. The van der Waals surface area contributed by atoms with Gasteiger partial charge in [-0.2, -0.15) is 0 Å². The lowest BCUT2D eigenvalue weighted by molar-refractivity contribution is -0.119. The first-order chi connectivity index (χ1) is 7.79. The molecule has 0 saturated carbocycles. The minimum Gasteiger partial charge on any atom is -0.347 e. The van der Waals surface area contributed by atoms with Crippen LogP contribution in [0.1, 0.15) is 24.8 Å². The molecule has 1 rings (SSSR count). The number of amides is 1. The Morgan fingerprint density at radius 3 is 2.53 bits per heavy atom. The third kappa shape index (κ3) is 4.87. The monoisotopic (exact) mass is 275 g/mol. The minimum atomic E-state index is -3.27. The van der Waals surface area contributed by atoms with Crippen LogP contribution in [0.4, 0.5) is 0 Å². The molecule has 1 aromatic rings. The summed E-state index contributed by atoms with van der Waals surface area (Å²) in [6.45, 7) is 3.98. The number of thiophene rings is 1. The van der Waals surface area contributed by atoms with E-state index in [0.29, 0.717) is 0 Å². The van der Waals surface area contributed by atoms with Crippen LogP contribution in [0.3, 0.4) is 0 Å². The average molecular weight is 275 g/mol. The van der Waals surface area contributed by atoms with Crippen molar-refractivity contribution in [3.05, 3.63) is 22.4 Å². The molecule has 0 radical (unpaired) electrons. The molecule has 0 aromatic carbocycles. The first kappa shape index (κ1) is 14.2. The number of carbonyl (C=O) groups excluding carboxylic acids is 1. The first-order valence-corrected chi connectivity index (χ1v) is 8.24. The Morgan fingerprint density at radius 1 is 1.47 bits per heavy atom.